The van der Waals surface area contributed by atoms with Crippen LogP contribution in [0.15, 0.2) is 42.5 Å². The monoisotopic (exact) mass is 314 g/mol. The molecule has 0 aliphatic carbocycles. The van der Waals surface area contributed by atoms with Crippen LogP contribution in [0.2, 0.25) is 0 Å². The van der Waals surface area contributed by atoms with Gasteiger partial charge >= 0.3 is 5.97 Å². The number of hydrogen-bond acceptors (Lipinski definition) is 4. The number of phenolic OH excluding ortho intramolecular Hbond substituents is 1. The molecule has 7 nitrogen and oxygen atoms in total. The van der Waals surface area contributed by atoms with Crippen LogP contribution in [-0.4, -0.2) is 28.0 Å². The standard InChI is InChI=1S/C16H14N2O5/c1-9(19)17-12-4-2-3-10(7-12)15(21)18-13-6-5-11(16(22)23)8-14(13)20/h2-8,20H,1H3,(H,17,19)(H,18,21)(H,22,23). The van der Waals surface area contributed by atoms with E-state index in [0.717, 1.165) is 6.07 Å². The summed E-state index contributed by atoms with van der Waals surface area (Å²) in [6.45, 7) is 1.36. The lowest BCUT2D eigenvalue weighted by Gasteiger charge is -2.09. The number of nitrogens with one attached hydrogen (secondary N) is 2. The maximum atomic E-state index is 12.2. The number of anilines is 2. The largest absolute Gasteiger partial charge is 0.506 e. The van der Waals surface area contributed by atoms with E-state index in [1.54, 1.807) is 18.2 Å². The number of hydrogen-bond donors (Lipinski definition) is 4. The van der Waals surface area contributed by atoms with Gasteiger partial charge in [0.2, 0.25) is 5.91 Å². The summed E-state index contributed by atoms with van der Waals surface area (Å²) in [7, 11) is 0. The number of benzene rings is 2. The lowest BCUT2D eigenvalue weighted by molar-refractivity contribution is -0.114. The molecule has 0 aliphatic heterocycles. The van der Waals surface area contributed by atoms with Gasteiger partial charge in [-0.1, -0.05) is 6.07 Å². The molecule has 2 rings (SSSR count). The molecule has 0 spiro atoms. The van der Waals surface area contributed by atoms with Gasteiger partial charge in [0.05, 0.1) is 11.3 Å². The van der Waals surface area contributed by atoms with Crippen LogP contribution in [-0.2, 0) is 4.79 Å². The Hall–Kier alpha value is -3.35. The Morgan fingerprint density at radius 2 is 1.70 bits per heavy atom. The van der Waals surface area contributed by atoms with Crippen molar-refractivity contribution in [3.8, 4) is 5.75 Å². The molecule has 0 radical (unpaired) electrons. The van der Waals surface area contributed by atoms with E-state index in [1.807, 2.05) is 0 Å². The highest BCUT2D eigenvalue weighted by Crippen LogP contribution is 2.25. The Bertz CT molecular complexity index is 786. The molecule has 0 saturated heterocycles. The summed E-state index contributed by atoms with van der Waals surface area (Å²) < 4.78 is 0. The second kappa shape index (κ2) is 6.61. The van der Waals surface area contributed by atoms with E-state index in [-0.39, 0.29) is 28.5 Å². The molecular formula is C16H14N2O5. The van der Waals surface area contributed by atoms with Crippen LogP contribution in [0.4, 0.5) is 11.4 Å². The van der Waals surface area contributed by atoms with Crippen LogP contribution in [0.3, 0.4) is 0 Å². The second-order valence-corrected chi connectivity index (χ2v) is 4.75. The van der Waals surface area contributed by atoms with Crippen LogP contribution < -0.4 is 10.6 Å². The molecule has 0 atom stereocenters. The van der Waals surface area contributed by atoms with E-state index in [2.05, 4.69) is 10.6 Å². The lowest BCUT2D eigenvalue weighted by Crippen LogP contribution is -2.13. The number of rotatable bonds is 4. The van der Waals surface area contributed by atoms with Gasteiger partial charge in [0.25, 0.3) is 5.91 Å². The summed E-state index contributed by atoms with van der Waals surface area (Å²) in [6, 6.07) is 9.89. The molecule has 2 aromatic carbocycles. The Balaban J connectivity index is 2.19. The summed E-state index contributed by atoms with van der Waals surface area (Å²) >= 11 is 0. The summed E-state index contributed by atoms with van der Waals surface area (Å²) in [4.78, 5) is 34.0. The van der Waals surface area contributed by atoms with Crippen molar-refractivity contribution in [2.24, 2.45) is 0 Å². The van der Waals surface area contributed by atoms with Crippen LogP contribution in [0.25, 0.3) is 0 Å². The van der Waals surface area contributed by atoms with E-state index in [9.17, 15) is 19.5 Å². The summed E-state index contributed by atoms with van der Waals surface area (Å²) in [5.41, 5.74) is 0.742. The van der Waals surface area contributed by atoms with Crippen molar-refractivity contribution in [1.29, 1.82) is 0 Å². The van der Waals surface area contributed by atoms with Gasteiger partial charge in [0.1, 0.15) is 5.75 Å². The first-order valence-electron chi connectivity index (χ1n) is 6.62. The first-order valence-corrected chi connectivity index (χ1v) is 6.62. The normalized spacial score (nSPS) is 9.96. The maximum absolute atomic E-state index is 12.2. The molecule has 0 saturated carbocycles. The minimum absolute atomic E-state index is 0.0879. The number of aromatic hydroxyl groups is 1. The summed E-state index contributed by atoms with van der Waals surface area (Å²) in [5.74, 6) is -2.29. The average molecular weight is 314 g/mol. The van der Waals surface area contributed by atoms with Crippen molar-refractivity contribution in [3.05, 3.63) is 53.6 Å². The molecule has 118 valence electrons. The van der Waals surface area contributed by atoms with Crippen molar-refractivity contribution in [2.75, 3.05) is 10.6 Å². The zero-order chi connectivity index (χ0) is 17.0. The molecule has 4 N–H and O–H groups in total. The topological polar surface area (TPSA) is 116 Å². The zero-order valence-corrected chi connectivity index (χ0v) is 12.2. The minimum atomic E-state index is -1.18. The molecule has 0 aliphatic rings. The Morgan fingerprint density at radius 3 is 2.30 bits per heavy atom. The predicted molar refractivity (Wildman–Crippen MR) is 83.8 cm³/mol. The van der Waals surface area contributed by atoms with Gasteiger partial charge in [-0.15, -0.1) is 0 Å². The van der Waals surface area contributed by atoms with Gasteiger partial charge in [-0.3, -0.25) is 9.59 Å². The minimum Gasteiger partial charge on any atom is -0.506 e. The highest BCUT2D eigenvalue weighted by atomic mass is 16.4. The van der Waals surface area contributed by atoms with Crippen LogP contribution in [0.5, 0.6) is 5.75 Å². The fourth-order valence-corrected chi connectivity index (χ4v) is 1.91. The lowest BCUT2D eigenvalue weighted by atomic mass is 10.1. The van der Waals surface area contributed by atoms with Crippen LogP contribution >= 0.6 is 0 Å². The number of carbonyl (C=O) groups is 3. The third-order valence-corrected chi connectivity index (χ3v) is 2.94. The zero-order valence-electron chi connectivity index (χ0n) is 12.2. The third kappa shape index (κ3) is 4.07. The van der Waals surface area contributed by atoms with Gasteiger partial charge < -0.3 is 20.8 Å². The molecule has 0 bridgehead atoms. The van der Waals surface area contributed by atoms with Gasteiger partial charge in [-0.2, -0.15) is 0 Å². The predicted octanol–water partition coefficient (Wildman–Crippen LogP) is 2.30. The molecule has 0 unspecified atom stereocenters. The third-order valence-electron chi connectivity index (χ3n) is 2.94. The Kier molecular flexibility index (Phi) is 4.61. The highest BCUT2D eigenvalue weighted by molar-refractivity contribution is 6.06. The van der Waals surface area contributed by atoms with Crippen molar-refractivity contribution in [3.63, 3.8) is 0 Å². The van der Waals surface area contributed by atoms with E-state index < -0.39 is 11.9 Å². The number of carboxylic acid groups (broad SMARTS) is 1. The number of amides is 2. The van der Waals surface area contributed by atoms with Crippen LogP contribution in [0.1, 0.15) is 27.6 Å². The summed E-state index contributed by atoms with van der Waals surface area (Å²) in [6.07, 6.45) is 0. The first-order chi connectivity index (χ1) is 10.9. The van der Waals surface area contributed by atoms with Crippen molar-refractivity contribution in [2.45, 2.75) is 6.92 Å². The van der Waals surface area contributed by atoms with Gasteiger partial charge in [-0.25, -0.2) is 4.79 Å². The number of carbonyl (C=O) groups excluding carboxylic acids is 2. The molecule has 0 fully saturated rings. The van der Waals surface area contributed by atoms with E-state index in [4.69, 9.17) is 5.11 Å². The van der Waals surface area contributed by atoms with Crippen LogP contribution in [0, 0.1) is 0 Å². The SMILES string of the molecule is CC(=O)Nc1cccc(C(=O)Nc2ccc(C(=O)O)cc2O)c1. The molecule has 7 heteroatoms. The van der Waals surface area contributed by atoms with Gasteiger partial charge in [0, 0.05) is 18.2 Å². The highest BCUT2D eigenvalue weighted by Gasteiger charge is 2.12. The Labute approximate surface area is 131 Å². The van der Waals surface area contributed by atoms with E-state index >= 15 is 0 Å². The van der Waals surface area contributed by atoms with Gasteiger partial charge in [0.15, 0.2) is 0 Å². The molecule has 0 aromatic heterocycles. The Morgan fingerprint density at radius 1 is 0.957 bits per heavy atom. The first kappa shape index (κ1) is 16.0. The molecule has 0 heterocycles. The molecule has 2 aromatic rings. The maximum Gasteiger partial charge on any atom is 0.335 e. The number of phenols is 1. The quantitative estimate of drug-likeness (QED) is 0.646. The number of aromatic carboxylic acids is 1. The van der Waals surface area contributed by atoms with Crippen molar-refractivity contribution >= 4 is 29.2 Å². The summed E-state index contributed by atoms with van der Waals surface area (Å²) in [5, 5.41) is 23.6. The fraction of sp³-hybridized carbons (Fsp3) is 0.0625. The van der Waals surface area contributed by atoms with Gasteiger partial charge in [-0.05, 0) is 36.4 Å². The number of carboxylic acids is 1. The van der Waals surface area contributed by atoms with Crippen molar-refractivity contribution in [1.82, 2.24) is 0 Å². The fourth-order valence-electron chi connectivity index (χ4n) is 1.91. The average Bonchev–Trinajstić information content (AvgIpc) is 2.48. The van der Waals surface area contributed by atoms with Crippen molar-refractivity contribution < 1.29 is 24.6 Å². The second-order valence-electron chi connectivity index (χ2n) is 4.75. The molecular weight excluding hydrogens is 300 g/mol. The molecule has 23 heavy (non-hydrogen) atoms. The smallest absolute Gasteiger partial charge is 0.335 e. The van der Waals surface area contributed by atoms with E-state index in [0.29, 0.717) is 5.69 Å². The molecule has 2 amide bonds. The van der Waals surface area contributed by atoms with E-state index in [1.165, 1.54) is 25.1 Å².